The van der Waals surface area contributed by atoms with Gasteiger partial charge >= 0.3 is 0 Å². The molecule has 1 aliphatic rings. The Morgan fingerprint density at radius 3 is 2.37 bits per heavy atom. The van der Waals surface area contributed by atoms with Crippen molar-refractivity contribution >= 4 is 17.3 Å². The van der Waals surface area contributed by atoms with Gasteiger partial charge in [0.15, 0.2) is 0 Å². The van der Waals surface area contributed by atoms with Crippen LogP contribution in [0.5, 0.6) is 5.75 Å². The zero-order valence-corrected chi connectivity index (χ0v) is 16.5. The van der Waals surface area contributed by atoms with Gasteiger partial charge in [-0.15, -0.1) is 0 Å². The van der Waals surface area contributed by atoms with Crippen molar-refractivity contribution in [3.63, 3.8) is 0 Å². The SMILES string of the molecule is CCN(C(=O)CN1CCN(c2ccc(OC)cc2)CC1)c1cccc(C)c1. The monoisotopic (exact) mass is 367 g/mol. The van der Waals surface area contributed by atoms with Crippen molar-refractivity contribution in [3.05, 3.63) is 54.1 Å². The van der Waals surface area contributed by atoms with Crippen LogP contribution in [0, 0.1) is 6.92 Å². The number of carbonyl (C=O) groups excluding carboxylic acids is 1. The number of likely N-dealkylation sites (N-methyl/N-ethyl adjacent to an activating group) is 1. The highest BCUT2D eigenvalue weighted by Gasteiger charge is 2.22. The maximum absolute atomic E-state index is 12.8. The fraction of sp³-hybridized carbons (Fsp3) is 0.409. The van der Waals surface area contributed by atoms with Crippen LogP contribution in [0.3, 0.4) is 0 Å². The molecular weight excluding hydrogens is 338 g/mol. The van der Waals surface area contributed by atoms with Crippen LogP contribution >= 0.6 is 0 Å². The lowest BCUT2D eigenvalue weighted by molar-refractivity contribution is -0.119. The Hall–Kier alpha value is -2.53. The minimum absolute atomic E-state index is 0.168. The van der Waals surface area contributed by atoms with Crippen LogP contribution < -0.4 is 14.5 Å². The average Bonchev–Trinajstić information content (AvgIpc) is 2.69. The second-order valence-electron chi connectivity index (χ2n) is 6.94. The number of rotatable bonds is 6. The molecule has 0 saturated carbocycles. The van der Waals surface area contributed by atoms with Gasteiger partial charge in [0.05, 0.1) is 13.7 Å². The third kappa shape index (κ3) is 4.80. The number of piperazine rings is 1. The van der Waals surface area contributed by atoms with E-state index in [9.17, 15) is 4.79 Å². The summed E-state index contributed by atoms with van der Waals surface area (Å²) in [7, 11) is 1.68. The van der Waals surface area contributed by atoms with E-state index in [1.807, 2.05) is 36.1 Å². The largest absolute Gasteiger partial charge is 0.497 e. The maximum Gasteiger partial charge on any atom is 0.241 e. The lowest BCUT2D eigenvalue weighted by atomic mass is 10.2. The van der Waals surface area contributed by atoms with E-state index in [1.165, 1.54) is 11.3 Å². The van der Waals surface area contributed by atoms with Gasteiger partial charge < -0.3 is 14.5 Å². The number of ether oxygens (including phenoxy) is 1. The van der Waals surface area contributed by atoms with Gasteiger partial charge in [0.25, 0.3) is 0 Å². The number of carbonyl (C=O) groups is 1. The van der Waals surface area contributed by atoms with E-state index >= 15 is 0 Å². The van der Waals surface area contributed by atoms with Crippen molar-refractivity contribution in [1.82, 2.24) is 4.90 Å². The van der Waals surface area contributed by atoms with Crippen molar-refractivity contribution in [2.45, 2.75) is 13.8 Å². The van der Waals surface area contributed by atoms with Gasteiger partial charge in [0, 0.05) is 44.1 Å². The molecule has 144 valence electrons. The molecule has 0 unspecified atom stereocenters. The molecule has 1 fully saturated rings. The zero-order chi connectivity index (χ0) is 19.2. The molecule has 2 aromatic rings. The van der Waals surface area contributed by atoms with Crippen molar-refractivity contribution in [3.8, 4) is 5.75 Å². The molecule has 3 rings (SSSR count). The van der Waals surface area contributed by atoms with E-state index in [0.717, 1.165) is 37.6 Å². The quantitative estimate of drug-likeness (QED) is 0.786. The number of nitrogens with zero attached hydrogens (tertiary/aromatic N) is 3. The minimum atomic E-state index is 0.168. The summed E-state index contributed by atoms with van der Waals surface area (Å²) >= 11 is 0. The predicted octanol–water partition coefficient (Wildman–Crippen LogP) is 3.18. The molecule has 0 N–H and O–H groups in total. The van der Waals surface area contributed by atoms with Crippen molar-refractivity contribution in [2.24, 2.45) is 0 Å². The van der Waals surface area contributed by atoms with Crippen LogP contribution in [0.25, 0.3) is 0 Å². The van der Waals surface area contributed by atoms with Gasteiger partial charge in [-0.25, -0.2) is 0 Å². The molecule has 27 heavy (non-hydrogen) atoms. The Balaban J connectivity index is 1.55. The fourth-order valence-corrected chi connectivity index (χ4v) is 3.53. The molecule has 2 aromatic carbocycles. The standard InChI is InChI=1S/C22H29N3O2/c1-4-25(20-7-5-6-18(2)16-20)22(26)17-23-12-14-24(15-13-23)19-8-10-21(27-3)11-9-19/h5-11,16H,4,12-15,17H2,1-3H3. The van der Waals surface area contributed by atoms with Gasteiger partial charge in [-0.3, -0.25) is 9.69 Å². The molecule has 5 nitrogen and oxygen atoms in total. The predicted molar refractivity (Wildman–Crippen MR) is 111 cm³/mol. The van der Waals surface area contributed by atoms with Gasteiger partial charge in [-0.2, -0.15) is 0 Å². The first-order valence-corrected chi connectivity index (χ1v) is 9.59. The fourth-order valence-electron chi connectivity index (χ4n) is 3.53. The summed E-state index contributed by atoms with van der Waals surface area (Å²) in [6.07, 6.45) is 0. The van der Waals surface area contributed by atoms with Gasteiger partial charge in [0.1, 0.15) is 5.75 Å². The van der Waals surface area contributed by atoms with Crippen molar-refractivity contribution < 1.29 is 9.53 Å². The molecule has 0 bridgehead atoms. The molecule has 5 heteroatoms. The third-order valence-corrected chi connectivity index (χ3v) is 5.10. The third-order valence-electron chi connectivity index (χ3n) is 5.10. The van der Waals surface area contributed by atoms with Crippen molar-refractivity contribution in [2.75, 3.05) is 56.2 Å². The zero-order valence-electron chi connectivity index (χ0n) is 16.5. The Kier molecular flexibility index (Phi) is 6.35. The molecule has 1 amide bonds. The molecule has 0 spiro atoms. The smallest absolute Gasteiger partial charge is 0.241 e. The minimum Gasteiger partial charge on any atom is -0.497 e. The van der Waals surface area contributed by atoms with Crippen LogP contribution in [0.1, 0.15) is 12.5 Å². The summed E-state index contributed by atoms with van der Waals surface area (Å²) in [4.78, 5) is 19.3. The van der Waals surface area contributed by atoms with E-state index in [4.69, 9.17) is 4.74 Å². The van der Waals surface area contributed by atoms with Gasteiger partial charge in [-0.1, -0.05) is 12.1 Å². The lowest BCUT2D eigenvalue weighted by Gasteiger charge is -2.36. The second kappa shape index (κ2) is 8.91. The first-order valence-electron chi connectivity index (χ1n) is 9.59. The molecular formula is C22H29N3O2. The van der Waals surface area contributed by atoms with Gasteiger partial charge in [0.2, 0.25) is 5.91 Å². The van der Waals surface area contributed by atoms with Crippen LogP contribution in [0.4, 0.5) is 11.4 Å². The van der Waals surface area contributed by atoms with E-state index in [0.29, 0.717) is 13.1 Å². The van der Waals surface area contributed by atoms with Crippen LogP contribution in [-0.4, -0.2) is 57.2 Å². The highest BCUT2D eigenvalue weighted by Crippen LogP contribution is 2.21. The summed E-state index contributed by atoms with van der Waals surface area (Å²) in [5, 5.41) is 0. The number of methoxy groups -OCH3 is 1. The van der Waals surface area contributed by atoms with E-state index in [-0.39, 0.29) is 5.91 Å². The van der Waals surface area contributed by atoms with Crippen LogP contribution in [0.15, 0.2) is 48.5 Å². The molecule has 1 aliphatic heterocycles. The maximum atomic E-state index is 12.8. The van der Waals surface area contributed by atoms with Crippen LogP contribution in [-0.2, 0) is 4.79 Å². The first-order chi connectivity index (χ1) is 13.1. The summed E-state index contributed by atoms with van der Waals surface area (Å²) in [5.74, 6) is 1.04. The summed E-state index contributed by atoms with van der Waals surface area (Å²) < 4.78 is 5.23. The summed E-state index contributed by atoms with van der Waals surface area (Å²) in [6.45, 7) is 8.88. The van der Waals surface area contributed by atoms with Crippen molar-refractivity contribution in [1.29, 1.82) is 0 Å². The summed E-state index contributed by atoms with van der Waals surface area (Å²) in [5.41, 5.74) is 3.36. The number of anilines is 2. The molecule has 0 aromatic heterocycles. The number of aryl methyl sites for hydroxylation is 1. The Labute approximate surface area is 162 Å². The topological polar surface area (TPSA) is 36.0 Å². The lowest BCUT2D eigenvalue weighted by Crippen LogP contribution is -2.50. The molecule has 0 aliphatic carbocycles. The Morgan fingerprint density at radius 2 is 1.78 bits per heavy atom. The summed E-state index contributed by atoms with van der Waals surface area (Å²) in [6, 6.07) is 16.3. The number of amides is 1. The van der Waals surface area contributed by atoms with E-state index < -0.39 is 0 Å². The van der Waals surface area contributed by atoms with Gasteiger partial charge in [-0.05, 0) is 55.8 Å². The van der Waals surface area contributed by atoms with E-state index in [1.54, 1.807) is 7.11 Å². The Bertz CT molecular complexity index is 752. The highest BCUT2D eigenvalue weighted by atomic mass is 16.5. The molecule has 1 saturated heterocycles. The molecule has 0 atom stereocenters. The Morgan fingerprint density at radius 1 is 1.07 bits per heavy atom. The normalized spacial score (nSPS) is 14.9. The number of hydrogen-bond acceptors (Lipinski definition) is 4. The first kappa shape index (κ1) is 19.2. The second-order valence-corrected chi connectivity index (χ2v) is 6.94. The van der Waals surface area contributed by atoms with Crippen LogP contribution in [0.2, 0.25) is 0 Å². The number of hydrogen-bond donors (Lipinski definition) is 0. The van der Waals surface area contributed by atoms with E-state index in [2.05, 4.69) is 41.0 Å². The molecule has 0 radical (unpaired) electrons. The number of benzene rings is 2. The molecule has 1 heterocycles. The highest BCUT2D eigenvalue weighted by molar-refractivity contribution is 5.94. The average molecular weight is 367 g/mol.